The van der Waals surface area contributed by atoms with Gasteiger partial charge in [-0.15, -0.1) is 0 Å². The number of hydrazone groups is 2. The first-order valence-electron chi connectivity index (χ1n) is 18.9. The van der Waals surface area contributed by atoms with Gasteiger partial charge in [-0.25, -0.2) is 4.79 Å². The van der Waals surface area contributed by atoms with Crippen molar-refractivity contribution in [3.05, 3.63) is 140 Å². The lowest BCUT2D eigenvalue weighted by molar-refractivity contribution is -0.115. The van der Waals surface area contributed by atoms with Gasteiger partial charge in [0.2, 0.25) is 5.78 Å². The summed E-state index contributed by atoms with van der Waals surface area (Å²) in [5.74, 6) is -4.98. The van der Waals surface area contributed by atoms with Crippen LogP contribution in [0.2, 0.25) is 0 Å². The number of fused-ring (bicyclic) bond motifs is 2. The molecule has 19 nitrogen and oxygen atoms in total. The Bertz CT molecular complexity index is 3150. The van der Waals surface area contributed by atoms with Crippen molar-refractivity contribution in [3.8, 4) is 11.5 Å². The quantitative estimate of drug-likeness (QED) is 0.0418. The molecular formula is C43H37N7O12S2. The van der Waals surface area contributed by atoms with Crippen molar-refractivity contribution in [2.45, 2.75) is 20.8 Å². The van der Waals surface area contributed by atoms with Crippen LogP contribution in [0.4, 0.5) is 28.4 Å². The number of hydrogen-bond acceptors (Lipinski definition) is 16. The molecular weight excluding hydrogens is 871 g/mol. The highest BCUT2D eigenvalue weighted by molar-refractivity contribution is 7.91. The van der Waals surface area contributed by atoms with E-state index < -0.39 is 76.6 Å². The van der Waals surface area contributed by atoms with E-state index in [9.17, 15) is 50.5 Å². The van der Waals surface area contributed by atoms with Crippen LogP contribution in [0.25, 0.3) is 6.08 Å². The normalized spacial score (nSPS) is 18.6. The Hall–Kier alpha value is -7.59. The van der Waals surface area contributed by atoms with Gasteiger partial charge in [0.1, 0.15) is 32.6 Å². The number of aromatic carboxylic acids is 1. The lowest BCUT2D eigenvalue weighted by atomic mass is 9.78. The van der Waals surface area contributed by atoms with E-state index in [1.165, 1.54) is 55.7 Å². The number of methoxy groups -OCH3 is 1. The van der Waals surface area contributed by atoms with Crippen LogP contribution < -0.4 is 20.9 Å². The predicted molar refractivity (Wildman–Crippen MR) is 238 cm³/mol. The minimum Gasteiger partial charge on any atom is -0.507 e. The molecule has 0 radical (unpaired) electrons. The number of phenols is 1. The molecule has 2 unspecified atom stereocenters. The number of Topliss-reactive ketones (excluding diaryl/α,β-unsaturated/α-hetero) is 2. The number of ether oxygens (including phenoxy) is 1. The molecule has 64 heavy (non-hydrogen) atoms. The average Bonchev–Trinajstić information content (AvgIpc) is 3.22. The Morgan fingerprint density at radius 1 is 0.781 bits per heavy atom. The second-order valence-corrected chi connectivity index (χ2v) is 17.5. The van der Waals surface area contributed by atoms with Crippen molar-refractivity contribution < 1.29 is 55.3 Å². The molecule has 21 heteroatoms. The number of hydrogen-bond donors (Lipinski definition) is 7. The molecule has 0 heterocycles. The molecule has 328 valence electrons. The molecule has 4 aromatic carbocycles. The van der Waals surface area contributed by atoms with E-state index in [0.29, 0.717) is 28.3 Å². The third kappa shape index (κ3) is 9.27. The zero-order valence-electron chi connectivity index (χ0n) is 34.1. The standard InChI is InChI=1S/C43H37N7O12S2/c1-21-5-11-32(22(2)13-21)46-49-39-37(63(56,57)58)17-24-15-26(6-9-29(24)41(39)52)44-27-7-10-30-25(16-27)18-38(64(59,60)61)40(42(30)53)50-48-34-14-23(3)33(20-36(34)62-4)47-45-28-8-12-35(51)31(19-28)43(54)55/h5-20,25,30,44,46,48,51H,1-4H3,(H,54,55)(H,56,57,58)(H,59,60,61)/b47-45+,49-39-,50-40-. The maximum absolute atomic E-state index is 13.9. The van der Waals surface area contributed by atoms with Crippen molar-refractivity contribution in [2.75, 3.05) is 23.3 Å². The van der Waals surface area contributed by atoms with Crippen LogP contribution in [-0.4, -0.2) is 72.2 Å². The first-order chi connectivity index (χ1) is 30.2. The number of aryl methyl sites for hydroxylation is 3. The van der Waals surface area contributed by atoms with Gasteiger partial charge in [0.15, 0.2) is 11.5 Å². The molecule has 3 aliphatic carbocycles. The van der Waals surface area contributed by atoms with Crippen LogP contribution in [-0.2, 0) is 25.0 Å². The van der Waals surface area contributed by atoms with Gasteiger partial charge in [-0.1, -0.05) is 35.9 Å². The van der Waals surface area contributed by atoms with Gasteiger partial charge in [-0.3, -0.25) is 29.5 Å². The van der Waals surface area contributed by atoms with E-state index in [4.69, 9.17) is 4.74 Å². The number of nitrogens with zero attached hydrogens (tertiary/aromatic N) is 4. The molecule has 0 aromatic heterocycles. The van der Waals surface area contributed by atoms with Crippen LogP contribution in [0, 0.1) is 32.6 Å². The van der Waals surface area contributed by atoms with Crippen molar-refractivity contribution in [3.63, 3.8) is 0 Å². The van der Waals surface area contributed by atoms with Gasteiger partial charge >= 0.3 is 5.97 Å². The number of carbonyl (C=O) groups excluding carboxylic acids is 2. The lowest BCUT2D eigenvalue weighted by Crippen LogP contribution is -2.37. The van der Waals surface area contributed by atoms with Crippen molar-refractivity contribution >= 4 is 83.7 Å². The third-order valence-electron chi connectivity index (χ3n) is 10.2. The zero-order chi connectivity index (χ0) is 46.2. The maximum Gasteiger partial charge on any atom is 0.339 e. The summed E-state index contributed by atoms with van der Waals surface area (Å²) >= 11 is 0. The predicted octanol–water partition coefficient (Wildman–Crippen LogP) is 7.25. The number of benzene rings is 4. The van der Waals surface area contributed by atoms with Gasteiger partial charge in [-0.05, 0) is 98.1 Å². The lowest BCUT2D eigenvalue weighted by Gasteiger charge is -2.28. The fourth-order valence-electron chi connectivity index (χ4n) is 7.02. The first-order valence-corrected chi connectivity index (χ1v) is 21.8. The Labute approximate surface area is 365 Å². The fraction of sp³-hybridized carbons (Fsp3) is 0.140. The molecule has 4 aromatic rings. The second-order valence-electron chi connectivity index (χ2n) is 14.7. The SMILES string of the molecule is COc1cc(/N=N/c2ccc(O)c(C(=O)O)c2)c(C)cc1N/N=C1\C(=O)C2C=CC(Nc3ccc4c(c3)C=C(S(=O)(=O)O)/C(=N/Nc3ccc(C)cc3C)C4=O)=CC2C=C1S(=O)(=O)O. The van der Waals surface area contributed by atoms with Crippen molar-refractivity contribution in [1.29, 1.82) is 0 Å². The van der Waals surface area contributed by atoms with Gasteiger partial charge in [0.25, 0.3) is 20.2 Å². The summed E-state index contributed by atoms with van der Waals surface area (Å²) < 4.78 is 76.1. The Morgan fingerprint density at radius 3 is 2.19 bits per heavy atom. The smallest absolute Gasteiger partial charge is 0.339 e. The van der Waals surface area contributed by atoms with Gasteiger partial charge < -0.3 is 20.3 Å². The van der Waals surface area contributed by atoms with Crippen LogP contribution in [0.1, 0.15) is 43.0 Å². The fourth-order valence-corrected chi connectivity index (χ4v) is 8.40. The first kappa shape index (κ1) is 44.5. The molecule has 7 rings (SSSR count). The molecule has 0 fully saturated rings. The molecule has 0 spiro atoms. The highest BCUT2D eigenvalue weighted by Crippen LogP contribution is 2.37. The number of aromatic hydroxyl groups is 1. The van der Waals surface area contributed by atoms with Crippen molar-refractivity contribution in [1.82, 2.24) is 0 Å². The van der Waals surface area contributed by atoms with E-state index in [0.717, 1.165) is 23.3 Å². The topological polar surface area (TPSA) is 295 Å². The molecule has 0 saturated heterocycles. The van der Waals surface area contributed by atoms with Crippen LogP contribution in [0.15, 0.2) is 127 Å². The molecule has 0 amide bonds. The average molecular weight is 908 g/mol. The monoisotopic (exact) mass is 907 g/mol. The van der Waals surface area contributed by atoms with E-state index in [1.54, 1.807) is 31.2 Å². The Balaban J connectivity index is 1.13. The van der Waals surface area contributed by atoms with Gasteiger partial charge in [0, 0.05) is 28.9 Å². The number of allylic oxidation sites excluding steroid dienone is 6. The summed E-state index contributed by atoms with van der Waals surface area (Å²) in [6, 6.07) is 16.5. The minimum atomic E-state index is -5.01. The third-order valence-corrected chi connectivity index (χ3v) is 12.0. The van der Waals surface area contributed by atoms with Crippen LogP contribution in [0.3, 0.4) is 0 Å². The molecule has 7 N–H and O–H groups in total. The summed E-state index contributed by atoms with van der Waals surface area (Å²) in [6.45, 7) is 5.36. The van der Waals surface area contributed by atoms with Gasteiger partial charge in [0.05, 0.1) is 35.8 Å². The molecule has 2 atom stereocenters. The van der Waals surface area contributed by atoms with Crippen LogP contribution in [0.5, 0.6) is 11.5 Å². The zero-order valence-corrected chi connectivity index (χ0v) is 35.7. The van der Waals surface area contributed by atoms with E-state index in [-0.39, 0.29) is 33.8 Å². The number of carboxylic acids is 1. The molecule has 0 aliphatic heterocycles. The van der Waals surface area contributed by atoms with Crippen LogP contribution >= 0.6 is 0 Å². The number of ketones is 2. The summed E-state index contributed by atoms with van der Waals surface area (Å²) in [7, 11) is -8.60. The van der Waals surface area contributed by atoms with Gasteiger partial charge in [-0.2, -0.15) is 37.3 Å². The maximum atomic E-state index is 13.9. The number of azo groups is 1. The Morgan fingerprint density at radius 2 is 1.50 bits per heavy atom. The summed E-state index contributed by atoms with van der Waals surface area (Å²) in [4.78, 5) is 37.3. The highest BCUT2D eigenvalue weighted by Gasteiger charge is 2.40. The van der Waals surface area contributed by atoms with E-state index >= 15 is 0 Å². The molecule has 0 saturated carbocycles. The molecule has 3 aliphatic rings. The molecule has 0 bridgehead atoms. The number of nitrogens with one attached hydrogen (secondary N) is 3. The number of carbonyl (C=O) groups is 3. The second kappa shape index (κ2) is 17.3. The number of anilines is 3. The number of rotatable bonds is 12. The number of carboxylic acid groups (broad SMARTS) is 1. The van der Waals surface area contributed by atoms with E-state index in [1.807, 2.05) is 26.0 Å². The highest BCUT2D eigenvalue weighted by atomic mass is 32.2. The summed E-state index contributed by atoms with van der Waals surface area (Å²) in [6.07, 6.45) is 6.92. The largest absolute Gasteiger partial charge is 0.507 e. The van der Waals surface area contributed by atoms with E-state index in [2.05, 4.69) is 36.6 Å². The minimum absolute atomic E-state index is 0.101. The summed E-state index contributed by atoms with van der Waals surface area (Å²) in [5.41, 5.74) is 8.31. The Kier molecular flexibility index (Phi) is 12.0. The van der Waals surface area contributed by atoms with Crippen molar-refractivity contribution in [2.24, 2.45) is 32.3 Å². The summed E-state index contributed by atoms with van der Waals surface area (Å²) in [5, 5.41) is 38.5.